The Balaban J connectivity index is 2.37. The van der Waals surface area contributed by atoms with E-state index in [2.05, 4.69) is 4.98 Å². The summed E-state index contributed by atoms with van der Waals surface area (Å²) in [6, 6.07) is 10.3. The lowest BCUT2D eigenvalue weighted by atomic mass is 10.0. The fraction of sp³-hybridized carbons (Fsp3) is 0.0833. The van der Waals surface area contributed by atoms with Crippen molar-refractivity contribution in [1.82, 2.24) is 4.98 Å². The number of para-hydroxylation sites is 1. The lowest BCUT2D eigenvalue weighted by Gasteiger charge is -2.10. The Hall–Kier alpha value is -1.90. The van der Waals surface area contributed by atoms with E-state index in [1.54, 1.807) is 48.8 Å². The third kappa shape index (κ3) is 1.96. The molecule has 2 aromatic rings. The Morgan fingerprint density at radius 3 is 2.40 bits per heavy atom. The van der Waals surface area contributed by atoms with Gasteiger partial charge in [-0.05, 0) is 23.8 Å². The van der Waals surface area contributed by atoms with E-state index in [1.807, 2.05) is 0 Å². The van der Waals surface area contributed by atoms with Gasteiger partial charge in [0.2, 0.25) is 0 Å². The normalized spacial score (nSPS) is 12.3. The molecular formula is C12H11FN2. The molecule has 1 aromatic carbocycles. The van der Waals surface area contributed by atoms with Gasteiger partial charge in [-0.15, -0.1) is 0 Å². The van der Waals surface area contributed by atoms with Gasteiger partial charge in [-0.2, -0.15) is 0 Å². The summed E-state index contributed by atoms with van der Waals surface area (Å²) in [6.45, 7) is 0. The number of anilines is 1. The van der Waals surface area contributed by atoms with E-state index < -0.39 is 6.17 Å². The minimum atomic E-state index is -1.19. The number of hydrogen-bond donors (Lipinski definition) is 1. The number of pyridine rings is 1. The summed E-state index contributed by atoms with van der Waals surface area (Å²) in [7, 11) is 0. The monoisotopic (exact) mass is 202 g/mol. The van der Waals surface area contributed by atoms with Crippen LogP contribution in [0, 0.1) is 0 Å². The summed E-state index contributed by atoms with van der Waals surface area (Å²) < 4.78 is 14.0. The lowest BCUT2D eigenvalue weighted by Crippen LogP contribution is -1.99. The molecule has 1 aromatic heterocycles. The van der Waals surface area contributed by atoms with Crippen LogP contribution >= 0.6 is 0 Å². The summed E-state index contributed by atoms with van der Waals surface area (Å²) in [5.74, 6) is 0. The summed E-state index contributed by atoms with van der Waals surface area (Å²) in [4.78, 5) is 3.85. The third-order valence-electron chi connectivity index (χ3n) is 2.27. The number of benzene rings is 1. The third-order valence-corrected chi connectivity index (χ3v) is 2.27. The van der Waals surface area contributed by atoms with E-state index in [-0.39, 0.29) is 0 Å². The number of nitrogens with zero attached hydrogens (tertiary/aromatic N) is 1. The SMILES string of the molecule is Nc1ccccc1C(F)c1ccncc1. The molecule has 2 nitrogen and oxygen atoms in total. The van der Waals surface area contributed by atoms with Gasteiger partial charge in [-0.1, -0.05) is 18.2 Å². The second kappa shape index (κ2) is 4.09. The largest absolute Gasteiger partial charge is 0.398 e. The highest BCUT2D eigenvalue weighted by atomic mass is 19.1. The molecule has 2 rings (SSSR count). The Kier molecular flexibility index (Phi) is 2.63. The topological polar surface area (TPSA) is 38.9 Å². The molecule has 0 saturated carbocycles. The number of hydrogen-bond acceptors (Lipinski definition) is 2. The zero-order chi connectivity index (χ0) is 10.7. The minimum absolute atomic E-state index is 0.474. The second-order valence-corrected chi connectivity index (χ2v) is 3.27. The highest BCUT2D eigenvalue weighted by molar-refractivity contribution is 5.50. The first-order valence-corrected chi connectivity index (χ1v) is 4.67. The van der Waals surface area contributed by atoms with Gasteiger partial charge in [-0.3, -0.25) is 4.98 Å². The van der Waals surface area contributed by atoms with Crippen LogP contribution in [-0.4, -0.2) is 4.98 Å². The van der Waals surface area contributed by atoms with Gasteiger partial charge in [0.25, 0.3) is 0 Å². The average molecular weight is 202 g/mol. The van der Waals surface area contributed by atoms with Gasteiger partial charge in [0, 0.05) is 23.6 Å². The van der Waals surface area contributed by atoms with E-state index in [0.29, 0.717) is 16.8 Å². The van der Waals surface area contributed by atoms with Crippen molar-refractivity contribution in [2.75, 3.05) is 5.73 Å². The van der Waals surface area contributed by atoms with Crippen LogP contribution in [0.1, 0.15) is 17.3 Å². The predicted octanol–water partition coefficient (Wildman–Crippen LogP) is 2.72. The van der Waals surface area contributed by atoms with Crippen LogP contribution in [-0.2, 0) is 0 Å². The molecule has 1 unspecified atom stereocenters. The van der Waals surface area contributed by atoms with Crippen LogP contribution in [0.2, 0.25) is 0 Å². The van der Waals surface area contributed by atoms with Crippen LogP contribution in [0.4, 0.5) is 10.1 Å². The average Bonchev–Trinajstić information content (AvgIpc) is 2.30. The number of alkyl halides is 1. The molecule has 1 atom stereocenters. The van der Waals surface area contributed by atoms with Gasteiger partial charge < -0.3 is 5.73 Å². The Labute approximate surface area is 87.6 Å². The fourth-order valence-corrected chi connectivity index (χ4v) is 1.45. The Morgan fingerprint density at radius 1 is 1.07 bits per heavy atom. The maximum absolute atomic E-state index is 14.0. The highest BCUT2D eigenvalue weighted by Crippen LogP contribution is 2.29. The van der Waals surface area contributed by atoms with Gasteiger partial charge in [-0.25, -0.2) is 4.39 Å². The molecule has 0 aliphatic rings. The van der Waals surface area contributed by atoms with Crippen LogP contribution in [0.3, 0.4) is 0 Å². The summed E-state index contributed by atoms with van der Waals surface area (Å²) in [6.07, 6.45) is 1.96. The van der Waals surface area contributed by atoms with E-state index in [9.17, 15) is 4.39 Å². The number of halogens is 1. The van der Waals surface area contributed by atoms with E-state index in [0.717, 1.165) is 0 Å². The molecule has 1 heterocycles. The number of nitrogens with two attached hydrogens (primary N) is 1. The van der Waals surface area contributed by atoms with Crippen LogP contribution in [0.15, 0.2) is 48.8 Å². The molecule has 0 radical (unpaired) electrons. The molecule has 0 aliphatic carbocycles. The van der Waals surface area contributed by atoms with Crippen molar-refractivity contribution < 1.29 is 4.39 Å². The molecule has 3 heteroatoms. The first-order valence-electron chi connectivity index (χ1n) is 4.67. The van der Waals surface area contributed by atoms with Crippen molar-refractivity contribution >= 4 is 5.69 Å². The van der Waals surface area contributed by atoms with E-state index in [1.165, 1.54) is 0 Å². The van der Waals surface area contributed by atoms with Gasteiger partial charge in [0.1, 0.15) is 0 Å². The maximum Gasteiger partial charge on any atom is 0.152 e. The highest BCUT2D eigenvalue weighted by Gasteiger charge is 2.14. The van der Waals surface area contributed by atoms with Crippen molar-refractivity contribution in [1.29, 1.82) is 0 Å². The second-order valence-electron chi connectivity index (χ2n) is 3.27. The standard InChI is InChI=1S/C12H11FN2/c13-12(9-5-7-15-8-6-9)10-3-1-2-4-11(10)14/h1-8,12H,14H2. The molecule has 0 saturated heterocycles. The predicted molar refractivity (Wildman–Crippen MR) is 58.0 cm³/mol. The number of rotatable bonds is 2. The van der Waals surface area contributed by atoms with Crippen LogP contribution in [0.25, 0.3) is 0 Å². The van der Waals surface area contributed by atoms with Crippen molar-refractivity contribution in [3.8, 4) is 0 Å². The number of nitrogen functional groups attached to an aromatic ring is 1. The fourth-order valence-electron chi connectivity index (χ4n) is 1.45. The molecule has 0 fully saturated rings. The lowest BCUT2D eigenvalue weighted by molar-refractivity contribution is 0.403. The van der Waals surface area contributed by atoms with Gasteiger partial charge in [0.05, 0.1) is 0 Å². The minimum Gasteiger partial charge on any atom is -0.398 e. The van der Waals surface area contributed by atoms with Crippen molar-refractivity contribution in [2.24, 2.45) is 0 Å². The van der Waals surface area contributed by atoms with Crippen molar-refractivity contribution in [2.45, 2.75) is 6.17 Å². The van der Waals surface area contributed by atoms with Crippen molar-refractivity contribution in [3.05, 3.63) is 59.9 Å². The molecule has 76 valence electrons. The van der Waals surface area contributed by atoms with Crippen LogP contribution < -0.4 is 5.73 Å². The summed E-state index contributed by atoms with van der Waals surface area (Å²) in [5.41, 5.74) is 7.25. The molecule has 0 amide bonds. The van der Waals surface area contributed by atoms with Crippen molar-refractivity contribution in [3.63, 3.8) is 0 Å². The van der Waals surface area contributed by atoms with E-state index in [4.69, 9.17) is 5.73 Å². The Bertz CT molecular complexity index is 442. The molecule has 15 heavy (non-hydrogen) atoms. The summed E-state index contributed by atoms with van der Waals surface area (Å²) >= 11 is 0. The van der Waals surface area contributed by atoms with Gasteiger partial charge in [0.15, 0.2) is 6.17 Å². The van der Waals surface area contributed by atoms with Crippen LogP contribution in [0.5, 0.6) is 0 Å². The molecule has 2 N–H and O–H groups in total. The molecule has 0 bridgehead atoms. The summed E-state index contributed by atoms with van der Waals surface area (Å²) in [5, 5.41) is 0. The molecule has 0 aliphatic heterocycles. The Morgan fingerprint density at radius 2 is 1.73 bits per heavy atom. The first kappa shape index (κ1) is 9.65. The quantitative estimate of drug-likeness (QED) is 0.760. The first-order chi connectivity index (χ1) is 7.29. The number of aromatic nitrogens is 1. The van der Waals surface area contributed by atoms with Gasteiger partial charge >= 0.3 is 0 Å². The molecular weight excluding hydrogens is 191 g/mol. The molecule has 0 spiro atoms. The smallest absolute Gasteiger partial charge is 0.152 e. The zero-order valence-corrected chi connectivity index (χ0v) is 8.10. The zero-order valence-electron chi connectivity index (χ0n) is 8.10. The van der Waals surface area contributed by atoms with E-state index >= 15 is 0 Å². The maximum atomic E-state index is 14.0.